The van der Waals surface area contributed by atoms with Crippen molar-refractivity contribution in [1.29, 1.82) is 0 Å². The maximum atomic E-state index is 12.8. The molecule has 29 heteroatoms. The molecule has 3 aromatic heterocycles. The highest BCUT2D eigenvalue weighted by Crippen LogP contribution is 2.50. The summed E-state index contributed by atoms with van der Waals surface area (Å²) in [7, 11) is 0. The number of aromatic nitrogens is 3. The number of benzene rings is 5. The molecule has 4 atom stereocenters. The Kier molecular flexibility index (Phi) is 20.6. The van der Waals surface area contributed by atoms with Gasteiger partial charge in [0.2, 0.25) is 0 Å². The second-order valence-corrected chi connectivity index (χ2v) is 24.9. The molecule has 0 spiro atoms. The molecule has 13 rings (SSSR count). The Morgan fingerprint density at radius 1 is 0.404 bits per heavy atom. The smallest absolute Gasteiger partial charge is 0.261 e. The summed E-state index contributed by atoms with van der Waals surface area (Å²) in [6, 6.07) is 30.1. The molecule has 5 aromatic carbocycles. The molecule has 5 aliphatic rings. The van der Waals surface area contributed by atoms with Crippen LogP contribution in [0.2, 0.25) is 40.2 Å². The number of nitrogens with zero attached hydrogens (tertiary/aromatic N) is 4. The van der Waals surface area contributed by atoms with Crippen molar-refractivity contribution in [3.05, 3.63) is 231 Å². The highest BCUT2D eigenvalue weighted by atomic mass is 35.5. The van der Waals surface area contributed by atoms with Crippen LogP contribution >= 0.6 is 92.8 Å². The molecular weight excluding hydrogens is 1380 g/mol. The summed E-state index contributed by atoms with van der Waals surface area (Å²) in [5.41, 5.74) is -4.52. The number of halogens is 8. The number of carbonyl (C=O) groups is 8. The van der Waals surface area contributed by atoms with Crippen LogP contribution in [0.25, 0.3) is 0 Å². The minimum absolute atomic E-state index is 0.121. The fourth-order valence-electron chi connectivity index (χ4n) is 10.9. The maximum Gasteiger partial charge on any atom is 0.261 e. The van der Waals surface area contributed by atoms with Crippen LogP contribution in [-0.2, 0) is 46.3 Å². The number of pyridine rings is 3. The second-order valence-electron chi connectivity index (χ2n) is 21.6. The Morgan fingerprint density at radius 3 is 1.13 bits per heavy atom. The van der Waals surface area contributed by atoms with Gasteiger partial charge in [-0.25, -0.2) is 0 Å². The lowest BCUT2D eigenvalue weighted by Crippen LogP contribution is -2.37. The third kappa shape index (κ3) is 13.6. The average molecular weight is 1430 g/mol. The monoisotopic (exact) mass is 1430 g/mol. The van der Waals surface area contributed by atoms with Gasteiger partial charge in [0.25, 0.3) is 23.6 Å². The van der Waals surface area contributed by atoms with Crippen molar-refractivity contribution in [2.75, 3.05) is 52.5 Å². The van der Waals surface area contributed by atoms with E-state index in [1.54, 1.807) is 36.4 Å². The first-order valence-electron chi connectivity index (χ1n) is 28.1. The van der Waals surface area contributed by atoms with E-state index in [0.29, 0.717) is 29.9 Å². The van der Waals surface area contributed by atoms with Crippen molar-refractivity contribution in [2.24, 2.45) is 0 Å². The number of carbonyl (C=O) groups excluding carboxylic acids is 8. The van der Waals surface area contributed by atoms with Crippen molar-refractivity contribution in [3.63, 3.8) is 0 Å². The van der Waals surface area contributed by atoms with Gasteiger partial charge in [-0.3, -0.25) is 53.3 Å². The topological polar surface area (TPSA) is 317 Å². The van der Waals surface area contributed by atoms with E-state index in [2.05, 4.69) is 41.1 Å². The molecule has 0 bridgehead atoms. The van der Waals surface area contributed by atoms with Crippen molar-refractivity contribution in [1.82, 2.24) is 15.0 Å². The van der Waals surface area contributed by atoms with Crippen LogP contribution in [0, 0.1) is 0 Å². The van der Waals surface area contributed by atoms with Crippen molar-refractivity contribution < 1.29 is 63.5 Å². The van der Waals surface area contributed by atoms with Gasteiger partial charge in [0.1, 0.15) is 5.69 Å². The summed E-state index contributed by atoms with van der Waals surface area (Å²) in [6.45, 7) is 2.93. The number of hydrogen-bond donors (Lipinski definition) is 8. The molecule has 8 aromatic rings. The Bertz CT molecular complexity index is 4070. The Labute approximate surface area is 574 Å². The summed E-state index contributed by atoms with van der Waals surface area (Å²) in [4.78, 5) is 112. The predicted molar refractivity (Wildman–Crippen MR) is 354 cm³/mol. The lowest BCUT2D eigenvalue weighted by atomic mass is 9.88. The highest BCUT2D eigenvalue weighted by molar-refractivity contribution is 6.41. The average Bonchev–Trinajstić information content (AvgIpc) is 1.61. The first-order valence-corrected chi connectivity index (χ1v) is 31.1. The van der Waals surface area contributed by atoms with Crippen molar-refractivity contribution >= 4 is 168 Å². The largest absolute Gasteiger partial charge is 0.378 e. The van der Waals surface area contributed by atoms with Gasteiger partial charge in [-0.15, -0.1) is 0 Å². The minimum atomic E-state index is -2.06. The number of ketones is 4. The van der Waals surface area contributed by atoms with E-state index in [9.17, 15) is 58.8 Å². The first kappa shape index (κ1) is 68.9. The van der Waals surface area contributed by atoms with E-state index in [0.717, 1.165) is 18.8 Å². The van der Waals surface area contributed by atoms with Crippen LogP contribution < -0.4 is 26.2 Å². The number of rotatable bonds is 13. The molecule has 482 valence electrons. The third-order valence-electron chi connectivity index (χ3n) is 15.7. The highest BCUT2D eigenvalue weighted by Gasteiger charge is 2.53. The third-order valence-corrected chi connectivity index (χ3v) is 18.2. The predicted octanol–water partition coefficient (Wildman–Crippen LogP) is 11.6. The van der Waals surface area contributed by atoms with Crippen LogP contribution in [0.4, 0.5) is 28.4 Å². The molecule has 0 radical (unpaired) electrons. The first-order chi connectivity index (χ1) is 44.7. The van der Waals surface area contributed by atoms with Gasteiger partial charge in [-0.1, -0.05) is 98.9 Å². The molecule has 8 heterocycles. The molecule has 0 saturated carbocycles. The number of anilines is 5. The van der Waals surface area contributed by atoms with Gasteiger partial charge < -0.3 is 51.3 Å². The number of Topliss-reactive ketones (excluding diaryl/α,β-unsaturated/α-hetero) is 4. The van der Waals surface area contributed by atoms with E-state index in [1.807, 2.05) is 12.1 Å². The Hall–Kier alpha value is -7.97. The van der Waals surface area contributed by atoms with Crippen molar-refractivity contribution in [2.45, 2.75) is 48.1 Å². The minimum Gasteiger partial charge on any atom is -0.378 e. The number of nitrogens with one attached hydrogen (secondary N) is 4. The van der Waals surface area contributed by atoms with Gasteiger partial charge in [-0.2, -0.15) is 0 Å². The number of ether oxygens (including phenoxy) is 1. The van der Waals surface area contributed by atoms with Gasteiger partial charge in [0.05, 0.1) is 81.7 Å². The van der Waals surface area contributed by atoms with E-state index < -0.39 is 89.1 Å². The van der Waals surface area contributed by atoms with Crippen LogP contribution in [0.3, 0.4) is 0 Å². The SMILES string of the molecule is O=C(C[C@]1(O)C(=O)Nc2c(Cl)ccc(Cl)c21)c1ccc(N2CCOCC2)cc1.O=C(C[C@]1(O)C(=O)Nc2c(Cl)ccc(Cl)c21)c1ccccn1.O=C(C[C@]1(O)C(=O)Nc2c(Cl)ccc(Cl)c21)c1cccnc1.O=C(C[C@]1(O)C(=O)Nc2c(Cl)ccc(Cl)c21)c1ccncc1. The van der Waals surface area contributed by atoms with E-state index in [1.165, 1.54) is 97.7 Å². The Morgan fingerprint density at radius 2 is 0.766 bits per heavy atom. The molecule has 4 amide bonds. The standard InChI is InChI=1S/C20H18Cl2N2O4.3C15H10Cl2N2O3/c21-14-5-6-15(22)18-17(14)20(27,19(26)23-18)11-16(25)12-1-3-13(4-2-12)24-7-9-28-10-8-24;16-9-1-2-10(17)13-12(9)15(22,14(21)19-13)7-11(20)8-3-5-18-6-4-8;16-9-3-4-10(17)13-12(9)15(22,14(21)19-13)6-11(20)8-2-1-5-18-7-8;16-8-4-5-9(17)13-12(8)15(22,14(21)19-13)7-11(20)10-3-1-2-6-18-10/h1-6,27H,7-11H2,(H,23,26);1-6,22H,7H2,(H,19,21);1-5,7,22H,6H2,(H,19,21);1-6,22H,7H2,(H,19,21)/t20-;3*15-/m1111/s1. The number of amides is 4. The zero-order valence-electron chi connectivity index (χ0n) is 48.3. The lowest BCUT2D eigenvalue weighted by Gasteiger charge is -2.29. The van der Waals surface area contributed by atoms with Gasteiger partial charge in [0.15, 0.2) is 45.5 Å². The molecule has 1 saturated heterocycles. The fourth-order valence-corrected chi connectivity index (χ4v) is 13.0. The second kappa shape index (κ2) is 28.2. The van der Waals surface area contributed by atoms with Crippen molar-refractivity contribution in [3.8, 4) is 0 Å². The Balaban J connectivity index is 0.000000138. The van der Waals surface area contributed by atoms with Gasteiger partial charge in [0, 0.05) is 109 Å². The lowest BCUT2D eigenvalue weighted by molar-refractivity contribution is -0.133. The zero-order valence-corrected chi connectivity index (χ0v) is 54.3. The molecule has 0 unspecified atom stereocenters. The summed E-state index contributed by atoms with van der Waals surface area (Å²) >= 11 is 48.6. The van der Waals surface area contributed by atoms with E-state index in [4.69, 9.17) is 97.5 Å². The van der Waals surface area contributed by atoms with Gasteiger partial charge >= 0.3 is 0 Å². The van der Waals surface area contributed by atoms with E-state index in [-0.39, 0.29) is 96.7 Å². The van der Waals surface area contributed by atoms with Crippen LogP contribution in [-0.4, -0.2) is 108 Å². The van der Waals surface area contributed by atoms with Crippen LogP contribution in [0.1, 0.15) is 89.5 Å². The number of aliphatic hydroxyl groups is 4. The summed E-state index contributed by atoms with van der Waals surface area (Å²) < 4.78 is 5.34. The quantitative estimate of drug-likeness (QED) is 0.0497. The normalized spacial score (nSPS) is 20.2. The van der Waals surface area contributed by atoms with Crippen LogP contribution in [0.15, 0.2) is 146 Å². The molecular formula is C65H48Cl8N8O13. The summed E-state index contributed by atoms with van der Waals surface area (Å²) in [6.07, 6.45) is 5.51. The molecule has 5 aliphatic heterocycles. The number of hydrogen-bond acceptors (Lipinski definition) is 17. The fraction of sp³-hybridized carbons (Fsp3) is 0.185. The maximum absolute atomic E-state index is 12.8. The molecule has 0 aliphatic carbocycles. The summed E-state index contributed by atoms with van der Waals surface area (Å²) in [5.74, 6) is -4.55. The molecule has 8 N–H and O–H groups in total. The van der Waals surface area contributed by atoms with E-state index >= 15 is 0 Å². The summed E-state index contributed by atoms with van der Waals surface area (Å²) in [5, 5.41) is 54.9. The number of fused-ring (bicyclic) bond motifs is 4. The molecule has 94 heavy (non-hydrogen) atoms. The van der Waals surface area contributed by atoms with Crippen LogP contribution in [0.5, 0.6) is 0 Å². The molecule has 21 nitrogen and oxygen atoms in total. The van der Waals surface area contributed by atoms with Gasteiger partial charge in [-0.05, 0) is 109 Å². The number of morpholine rings is 1. The zero-order chi connectivity index (χ0) is 67.6. The molecule has 1 fully saturated rings.